The Morgan fingerprint density at radius 3 is 2.37 bits per heavy atom. The molecule has 1 unspecified atom stereocenters. The van der Waals surface area contributed by atoms with Crippen LogP contribution in [0.4, 0.5) is 0 Å². The molecule has 2 rings (SSSR count). The molecule has 3 heteroatoms. The largest absolute Gasteiger partial charge is 0.324 e. The first-order valence-corrected chi connectivity index (χ1v) is 6.99. The van der Waals surface area contributed by atoms with Crippen LogP contribution in [0.25, 0.3) is 0 Å². The predicted octanol–water partition coefficient (Wildman–Crippen LogP) is 4.85. The monoisotopic (exact) mass is 293 g/mol. The zero-order valence-electron chi connectivity index (χ0n) is 11.1. The molecule has 0 aliphatic heterocycles. The van der Waals surface area contributed by atoms with Gasteiger partial charge in [0.2, 0.25) is 0 Å². The second-order valence-corrected chi connectivity index (χ2v) is 5.73. The van der Waals surface area contributed by atoms with Crippen LogP contribution >= 0.6 is 23.2 Å². The molecule has 0 heterocycles. The summed E-state index contributed by atoms with van der Waals surface area (Å²) in [4.78, 5) is 0. The molecule has 0 saturated heterocycles. The average Bonchev–Trinajstić information content (AvgIpc) is 2.36. The first-order chi connectivity index (χ1) is 8.97. The summed E-state index contributed by atoms with van der Waals surface area (Å²) in [7, 11) is 0. The molecule has 2 aromatic rings. The molecule has 2 N–H and O–H groups in total. The highest BCUT2D eigenvalue weighted by Crippen LogP contribution is 2.25. The quantitative estimate of drug-likeness (QED) is 0.860. The van der Waals surface area contributed by atoms with Gasteiger partial charge < -0.3 is 5.73 Å². The predicted molar refractivity (Wildman–Crippen MR) is 83.0 cm³/mol. The molecule has 0 aliphatic rings. The van der Waals surface area contributed by atoms with Crippen LogP contribution in [0.3, 0.4) is 0 Å². The van der Waals surface area contributed by atoms with Crippen molar-refractivity contribution in [2.75, 3.05) is 0 Å². The molecule has 0 radical (unpaired) electrons. The maximum Gasteiger partial charge on any atom is 0.0453 e. The van der Waals surface area contributed by atoms with Gasteiger partial charge in [0.15, 0.2) is 0 Å². The summed E-state index contributed by atoms with van der Waals surface area (Å²) in [6, 6.07) is 11.8. The normalized spacial score (nSPS) is 12.5. The minimum atomic E-state index is -0.0574. The van der Waals surface area contributed by atoms with Gasteiger partial charge >= 0.3 is 0 Å². The van der Waals surface area contributed by atoms with Crippen molar-refractivity contribution in [1.29, 1.82) is 0 Å². The highest BCUT2D eigenvalue weighted by atomic mass is 35.5. The lowest BCUT2D eigenvalue weighted by molar-refractivity contribution is 0.721. The Morgan fingerprint density at radius 1 is 1.00 bits per heavy atom. The van der Waals surface area contributed by atoms with Crippen molar-refractivity contribution in [3.05, 3.63) is 68.7 Å². The Balaban J connectivity index is 2.20. The Hall–Kier alpha value is -1.02. The fraction of sp³-hybridized carbons (Fsp3) is 0.250. The van der Waals surface area contributed by atoms with Gasteiger partial charge in [-0.05, 0) is 54.7 Å². The van der Waals surface area contributed by atoms with E-state index in [0.29, 0.717) is 16.5 Å². The second-order valence-electron chi connectivity index (χ2n) is 4.89. The van der Waals surface area contributed by atoms with Crippen molar-refractivity contribution < 1.29 is 0 Å². The molecular weight excluding hydrogens is 277 g/mol. The molecule has 0 fully saturated rings. The molecule has 1 nitrogen and oxygen atoms in total. The number of halogens is 2. The summed E-state index contributed by atoms with van der Waals surface area (Å²) in [5.41, 5.74) is 11.0. The van der Waals surface area contributed by atoms with Gasteiger partial charge in [0.25, 0.3) is 0 Å². The van der Waals surface area contributed by atoms with Crippen molar-refractivity contribution in [2.45, 2.75) is 26.3 Å². The zero-order valence-corrected chi connectivity index (χ0v) is 12.6. The van der Waals surface area contributed by atoms with Gasteiger partial charge in [-0.2, -0.15) is 0 Å². The second kappa shape index (κ2) is 5.96. The van der Waals surface area contributed by atoms with Crippen LogP contribution in [0, 0.1) is 13.8 Å². The van der Waals surface area contributed by atoms with Crippen LogP contribution in [-0.4, -0.2) is 0 Å². The van der Waals surface area contributed by atoms with Gasteiger partial charge in [0, 0.05) is 16.1 Å². The molecule has 19 heavy (non-hydrogen) atoms. The van der Waals surface area contributed by atoms with Crippen molar-refractivity contribution in [2.24, 2.45) is 5.73 Å². The van der Waals surface area contributed by atoms with E-state index in [1.165, 1.54) is 11.1 Å². The first kappa shape index (κ1) is 14.4. The van der Waals surface area contributed by atoms with Crippen LogP contribution in [0.2, 0.25) is 10.0 Å². The van der Waals surface area contributed by atoms with E-state index in [0.717, 1.165) is 11.1 Å². The lowest BCUT2D eigenvalue weighted by Crippen LogP contribution is -2.13. The number of nitrogens with two attached hydrogens (primary N) is 1. The van der Waals surface area contributed by atoms with E-state index in [4.69, 9.17) is 28.9 Å². The number of hydrogen-bond acceptors (Lipinski definition) is 1. The fourth-order valence-electron chi connectivity index (χ4n) is 2.04. The van der Waals surface area contributed by atoms with Gasteiger partial charge in [-0.3, -0.25) is 0 Å². The van der Waals surface area contributed by atoms with E-state index in [1.54, 1.807) is 6.07 Å². The topological polar surface area (TPSA) is 26.0 Å². The van der Waals surface area contributed by atoms with Gasteiger partial charge in [0.1, 0.15) is 0 Å². The Bertz CT molecular complexity index is 593. The summed E-state index contributed by atoms with van der Waals surface area (Å²) >= 11 is 12.1. The zero-order chi connectivity index (χ0) is 14.0. The first-order valence-electron chi connectivity index (χ1n) is 6.24. The van der Waals surface area contributed by atoms with E-state index >= 15 is 0 Å². The SMILES string of the molecule is Cc1ccc(C(N)Cc2ccc(Cl)cc2Cl)cc1C. The van der Waals surface area contributed by atoms with Gasteiger partial charge in [0.05, 0.1) is 0 Å². The van der Waals surface area contributed by atoms with Gasteiger partial charge in [-0.15, -0.1) is 0 Å². The maximum atomic E-state index is 6.26. The Kier molecular flexibility index (Phi) is 4.51. The van der Waals surface area contributed by atoms with Crippen molar-refractivity contribution in [3.63, 3.8) is 0 Å². The molecule has 0 aromatic heterocycles. The summed E-state index contributed by atoms with van der Waals surface area (Å²) in [5, 5.41) is 1.32. The van der Waals surface area contributed by atoms with Gasteiger partial charge in [-0.1, -0.05) is 47.5 Å². The van der Waals surface area contributed by atoms with Crippen LogP contribution in [0.5, 0.6) is 0 Å². The number of rotatable bonds is 3. The third-order valence-corrected chi connectivity index (χ3v) is 4.00. The molecule has 100 valence electrons. The number of hydrogen-bond donors (Lipinski definition) is 1. The summed E-state index contributed by atoms with van der Waals surface area (Å²) in [6.07, 6.45) is 0.707. The molecule has 0 aliphatic carbocycles. The molecular formula is C16H17Cl2N. The Labute approximate surface area is 124 Å². The summed E-state index contributed by atoms with van der Waals surface area (Å²) < 4.78 is 0. The van der Waals surface area contributed by atoms with E-state index in [1.807, 2.05) is 12.1 Å². The highest BCUT2D eigenvalue weighted by Gasteiger charge is 2.10. The average molecular weight is 294 g/mol. The lowest BCUT2D eigenvalue weighted by Gasteiger charge is -2.15. The molecule has 2 aromatic carbocycles. The molecule has 0 bridgehead atoms. The van der Waals surface area contributed by atoms with E-state index in [9.17, 15) is 0 Å². The molecule has 1 atom stereocenters. The van der Waals surface area contributed by atoms with Crippen LogP contribution in [0.1, 0.15) is 28.3 Å². The van der Waals surface area contributed by atoms with Crippen molar-refractivity contribution in [1.82, 2.24) is 0 Å². The van der Waals surface area contributed by atoms with Crippen LogP contribution in [-0.2, 0) is 6.42 Å². The van der Waals surface area contributed by atoms with Gasteiger partial charge in [-0.25, -0.2) is 0 Å². The van der Waals surface area contributed by atoms with Crippen molar-refractivity contribution in [3.8, 4) is 0 Å². The fourth-order valence-corrected chi connectivity index (χ4v) is 2.52. The number of aryl methyl sites for hydroxylation is 2. The van der Waals surface area contributed by atoms with Crippen molar-refractivity contribution >= 4 is 23.2 Å². The number of benzene rings is 2. The lowest BCUT2D eigenvalue weighted by atomic mass is 9.96. The Morgan fingerprint density at radius 2 is 1.74 bits per heavy atom. The van der Waals surface area contributed by atoms with Crippen LogP contribution < -0.4 is 5.73 Å². The molecule has 0 spiro atoms. The third kappa shape index (κ3) is 3.50. The van der Waals surface area contributed by atoms with E-state index < -0.39 is 0 Å². The molecule has 0 saturated carbocycles. The van der Waals surface area contributed by atoms with E-state index in [2.05, 4.69) is 32.0 Å². The standard InChI is InChI=1S/C16H17Cl2N/c1-10-3-4-13(7-11(10)2)16(19)8-12-5-6-14(17)9-15(12)18/h3-7,9,16H,8,19H2,1-2H3. The maximum absolute atomic E-state index is 6.26. The minimum absolute atomic E-state index is 0.0574. The molecule has 0 amide bonds. The van der Waals surface area contributed by atoms with E-state index in [-0.39, 0.29) is 6.04 Å². The van der Waals surface area contributed by atoms with Crippen LogP contribution in [0.15, 0.2) is 36.4 Å². The minimum Gasteiger partial charge on any atom is -0.324 e. The smallest absolute Gasteiger partial charge is 0.0453 e. The summed E-state index contributed by atoms with van der Waals surface area (Å²) in [5.74, 6) is 0. The summed E-state index contributed by atoms with van der Waals surface area (Å²) in [6.45, 7) is 4.20. The highest BCUT2D eigenvalue weighted by molar-refractivity contribution is 6.35. The third-order valence-electron chi connectivity index (χ3n) is 3.41.